The van der Waals surface area contributed by atoms with Gasteiger partial charge in [0.25, 0.3) is 0 Å². The predicted octanol–water partition coefficient (Wildman–Crippen LogP) is 3.94. The van der Waals surface area contributed by atoms with Crippen LogP contribution in [0.25, 0.3) is 0 Å². The van der Waals surface area contributed by atoms with E-state index in [1.54, 1.807) is 6.07 Å². The van der Waals surface area contributed by atoms with Crippen LogP contribution in [0.2, 0.25) is 0 Å². The number of benzene rings is 1. The van der Waals surface area contributed by atoms with E-state index in [1.165, 1.54) is 0 Å². The Morgan fingerprint density at radius 1 is 1.40 bits per heavy atom. The molecule has 0 amide bonds. The van der Waals surface area contributed by atoms with Crippen molar-refractivity contribution < 1.29 is 4.39 Å². The van der Waals surface area contributed by atoms with E-state index < -0.39 is 0 Å². The van der Waals surface area contributed by atoms with Gasteiger partial charge in [0, 0.05) is 31.2 Å². The van der Waals surface area contributed by atoms with Crippen LogP contribution in [0.3, 0.4) is 0 Å². The average molecular weight is 343 g/mol. The molecule has 4 heteroatoms. The number of hydrogen-bond donors (Lipinski definition) is 1. The van der Waals surface area contributed by atoms with Crippen molar-refractivity contribution in [1.82, 2.24) is 10.2 Å². The molecule has 2 rings (SSSR count). The van der Waals surface area contributed by atoms with Crippen LogP contribution in [0.1, 0.15) is 39.2 Å². The lowest BCUT2D eigenvalue weighted by atomic mass is 9.88. The first kappa shape index (κ1) is 15.9. The molecule has 112 valence electrons. The minimum absolute atomic E-state index is 0.196. The van der Waals surface area contributed by atoms with Crippen molar-refractivity contribution >= 4 is 15.9 Å². The molecule has 0 bridgehead atoms. The zero-order valence-electron chi connectivity index (χ0n) is 12.5. The van der Waals surface area contributed by atoms with Gasteiger partial charge in [0.2, 0.25) is 0 Å². The highest BCUT2D eigenvalue weighted by Gasteiger charge is 2.34. The molecule has 0 aromatic heterocycles. The van der Waals surface area contributed by atoms with E-state index >= 15 is 0 Å². The second-order valence-electron chi connectivity index (χ2n) is 5.87. The lowest BCUT2D eigenvalue weighted by molar-refractivity contribution is 0.0745. The highest BCUT2D eigenvalue weighted by Crippen LogP contribution is 2.25. The molecule has 1 atom stereocenters. The van der Waals surface area contributed by atoms with Crippen LogP contribution in [0.4, 0.5) is 4.39 Å². The Morgan fingerprint density at radius 3 is 2.70 bits per heavy atom. The second-order valence-corrected chi connectivity index (χ2v) is 6.73. The Morgan fingerprint density at radius 2 is 2.10 bits per heavy atom. The molecule has 0 saturated carbocycles. The van der Waals surface area contributed by atoms with Crippen LogP contribution in [0.15, 0.2) is 22.7 Å². The van der Waals surface area contributed by atoms with E-state index in [-0.39, 0.29) is 11.4 Å². The van der Waals surface area contributed by atoms with E-state index in [2.05, 4.69) is 46.9 Å². The monoisotopic (exact) mass is 342 g/mol. The Hall–Kier alpha value is -0.450. The van der Waals surface area contributed by atoms with Crippen LogP contribution in [-0.4, -0.2) is 29.6 Å². The average Bonchev–Trinajstić information content (AvgIpc) is 2.46. The van der Waals surface area contributed by atoms with Gasteiger partial charge in [0.05, 0.1) is 4.47 Å². The van der Waals surface area contributed by atoms with Gasteiger partial charge >= 0.3 is 0 Å². The molecule has 1 heterocycles. The van der Waals surface area contributed by atoms with Gasteiger partial charge in [0.15, 0.2) is 0 Å². The number of halogens is 2. The van der Waals surface area contributed by atoms with Gasteiger partial charge in [-0.2, -0.15) is 0 Å². The van der Waals surface area contributed by atoms with Crippen LogP contribution in [0.5, 0.6) is 0 Å². The molecule has 1 saturated heterocycles. The van der Waals surface area contributed by atoms with Gasteiger partial charge in [-0.15, -0.1) is 0 Å². The number of rotatable bonds is 4. The summed E-state index contributed by atoms with van der Waals surface area (Å²) in [7, 11) is 0. The third kappa shape index (κ3) is 3.41. The zero-order valence-corrected chi connectivity index (χ0v) is 14.1. The van der Waals surface area contributed by atoms with Crippen LogP contribution >= 0.6 is 15.9 Å². The first-order valence-electron chi connectivity index (χ1n) is 7.42. The minimum Gasteiger partial charge on any atom is -0.308 e. The first-order valence-corrected chi connectivity index (χ1v) is 8.22. The smallest absolute Gasteiger partial charge is 0.137 e. The number of hydrogen-bond acceptors (Lipinski definition) is 2. The summed E-state index contributed by atoms with van der Waals surface area (Å²) in [5.41, 5.74) is 1.39. The van der Waals surface area contributed by atoms with E-state index in [9.17, 15) is 4.39 Å². The Bertz CT molecular complexity index is 460. The molecule has 1 unspecified atom stereocenters. The summed E-state index contributed by atoms with van der Waals surface area (Å²) in [4.78, 5) is 2.50. The third-order valence-corrected chi connectivity index (χ3v) is 5.23. The van der Waals surface area contributed by atoms with Crippen molar-refractivity contribution in [2.24, 2.45) is 0 Å². The van der Waals surface area contributed by atoms with E-state index in [4.69, 9.17) is 0 Å². The largest absolute Gasteiger partial charge is 0.308 e. The maximum absolute atomic E-state index is 13.3. The molecule has 1 aromatic rings. The van der Waals surface area contributed by atoms with Crippen LogP contribution < -0.4 is 5.32 Å². The van der Waals surface area contributed by atoms with Crippen molar-refractivity contribution in [2.45, 2.75) is 51.7 Å². The molecule has 1 aromatic carbocycles. The Kier molecular flexibility index (Phi) is 5.21. The molecular weight excluding hydrogens is 319 g/mol. The molecule has 0 spiro atoms. The lowest BCUT2D eigenvalue weighted by Crippen LogP contribution is -2.62. The maximum atomic E-state index is 13.3. The molecule has 1 fully saturated rings. The number of piperazine rings is 1. The minimum atomic E-state index is -0.196. The van der Waals surface area contributed by atoms with Gasteiger partial charge in [-0.1, -0.05) is 19.9 Å². The van der Waals surface area contributed by atoms with Gasteiger partial charge in [-0.3, -0.25) is 4.90 Å². The summed E-state index contributed by atoms with van der Waals surface area (Å²) in [5.74, 6) is -0.196. The quantitative estimate of drug-likeness (QED) is 0.891. The van der Waals surface area contributed by atoms with Crippen molar-refractivity contribution in [3.8, 4) is 0 Å². The number of nitrogens with one attached hydrogen (secondary N) is 1. The SMILES string of the molecule is CCC1(CC)CN(Cc2ccc(F)c(Br)c2)C(C)CN1. The second kappa shape index (κ2) is 6.54. The van der Waals surface area contributed by atoms with Crippen LogP contribution in [-0.2, 0) is 6.54 Å². The van der Waals surface area contributed by atoms with Crippen LogP contribution in [0, 0.1) is 5.82 Å². The highest BCUT2D eigenvalue weighted by molar-refractivity contribution is 9.10. The first-order chi connectivity index (χ1) is 9.49. The fourth-order valence-corrected chi connectivity index (χ4v) is 3.33. The molecule has 2 nitrogen and oxygen atoms in total. The molecule has 0 radical (unpaired) electrons. The van der Waals surface area contributed by atoms with E-state index in [0.717, 1.165) is 38.0 Å². The molecule has 1 aliphatic heterocycles. The third-order valence-electron chi connectivity index (χ3n) is 4.62. The fourth-order valence-electron chi connectivity index (χ4n) is 2.90. The fraction of sp³-hybridized carbons (Fsp3) is 0.625. The Balaban J connectivity index is 2.11. The van der Waals surface area contributed by atoms with Gasteiger partial charge in [0.1, 0.15) is 5.82 Å². The Labute approximate surface area is 129 Å². The normalized spacial score (nSPS) is 22.9. The standard InChI is InChI=1S/C16H24BrFN2/c1-4-16(5-2)11-20(12(3)9-19-16)10-13-6-7-15(18)14(17)8-13/h6-8,12,19H,4-5,9-11H2,1-3H3. The lowest BCUT2D eigenvalue weighted by Gasteiger charge is -2.46. The van der Waals surface area contributed by atoms with Crippen molar-refractivity contribution in [1.29, 1.82) is 0 Å². The van der Waals surface area contributed by atoms with Crippen molar-refractivity contribution in [2.75, 3.05) is 13.1 Å². The molecular formula is C16H24BrFN2. The zero-order chi connectivity index (χ0) is 14.8. The summed E-state index contributed by atoms with van der Waals surface area (Å²) in [6.07, 6.45) is 2.28. The topological polar surface area (TPSA) is 15.3 Å². The molecule has 1 N–H and O–H groups in total. The summed E-state index contributed by atoms with van der Waals surface area (Å²) in [6.45, 7) is 9.70. The van der Waals surface area contributed by atoms with E-state index in [1.807, 2.05) is 12.1 Å². The summed E-state index contributed by atoms with van der Waals surface area (Å²) < 4.78 is 13.9. The maximum Gasteiger partial charge on any atom is 0.137 e. The van der Waals surface area contributed by atoms with Gasteiger partial charge in [-0.25, -0.2) is 4.39 Å². The highest BCUT2D eigenvalue weighted by atomic mass is 79.9. The van der Waals surface area contributed by atoms with E-state index in [0.29, 0.717) is 10.5 Å². The molecule has 0 aliphatic carbocycles. The molecule has 20 heavy (non-hydrogen) atoms. The summed E-state index contributed by atoms with van der Waals surface area (Å²) in [5, 5.41) is 3.71. The molecule has 1 aliphatic rings. The number of nitrogens with zero attached hydrogens (tertiary/aromatic N) is 1. The van der Waals surface area contributed by atoms with Crippen molar-refractivity contribution in [3.05, 3.63) is 34.1 Å². The van der Waals surface area contributed by atoms with Gasteiger partial charge in [-0.05, 0) is 53.4 Å². The van der Waals surface area contributed by atoms with Gasteiger partial charge < -0.3 is 5.32 Å². The predicted molar refractivity (Wildman–Crippen MR) is 85.3 cm³/mol. The summed E-state index contributed by atoms with van der Waals surface area (Å²) >= 11 is 3.27. The van der Waals surface area contributed by atoms with Crippen molar-refractivity contribution in [3.63, 3.8) is 0 Å². The summed E-state index contributed by atoms with van der Waals surface area (Å²) in [6, 6.07) is 5.82.